The molecule has 1 aromatic heterocycles. The van der Waals surface area contributed by atoms with Crippen LogP contribution in [-0.2, 0) is 17.8 Å². The number of benzene rings is 2. The van der Waals surface area contributed by atoms with Crippen molar-refractivity contribution < 1.29 is 14.7 Å². The Labute approximate surface area is 215 Å². The van der Waals surface area contributed by atoms with Gasteiger partial charge in [-0.3, -0.25) is 4.79 Å². The van der Waals surface area contributed by atoms with E-state index in [4.69, 9.17) is 0 Å². The van der Waals surface area contributed by atoms with E-state index in [1.54, 1.807) is 30.4 Å². The molecule has 32 heavy (non-hydrogen) atoms. The number of hydrogen-bond donors (Lipinski definition) is 2. The van der Waals surface area contributed by atoms with Gasteiger partial charge in [0.05, 0.1) is 6.33 Å². The zero-order valence-corrected chi connectivity index (χ0v) is 21.6. The molecule has 2 aromatic carbocycles. The molecule has 1 atom stereocenters. The maximum Gasteiger partial charge on any atom is 0.326 e. The molecule has 3 aromatic rings. The number of imidazole rings is 1. The Morgan fingerprint density at radius 3 is 2.62 bits per heavy atom. The number of amides is 1. The molecule has 0 fully saturated rings. The van der Waals surface area contributed by atoms with Crippen molar-refractivity contribution in [3.63, 3.8) is 0 Å². The summed E-state index contributed by atoms with van der Waals surface area (Å²) in [4.78, 5) is 28.8. The van der Waals surface area contributed by atoms with E-state index in [-0.39, 0.29) is 35.5 Å². The van der Waals surface area contributed by atoms with Crippen molar-refractivity contribution in [2.45, 2.75) is 32.4 Å². The molecular weight excluding hydrogens is 433 g/mol. The van der Waals surface area contributed by atoms with Gasteiger partial charge in [0, 0.05) is 54.1 Å². The van der Waals surface area contributed by atoms with E-state index in [1.807, 2.05) is 60.3 Å². The van der Waals surface area contributed by atoms with E-state index in [1.165, 1.54) is 0 Å². The molecule has 0 unspecified atom stereocenters. The normalized spacial score (nSPS) is 11.4. The Bertz CT molecular complexity index is 1040. The Hall–Kier alpha value is -2.06. The molecule has 0 saturated heterocycles. The molecule has 0 spiro atoms. The molecule has 1 heterocycles. The van der Waals surface area contributed by atoms with E-state index in [2.05, 4.69) is 10.3 Å². The van der Waals surface area contributed by atoms with Crippen LogP contribution in [0.25, 0.3) is 11.1 Å². The van der Waals surface area contributed by atoms with Crippen molar-refractivity contribution in [1.82, 2.24) is 14.9 Å². The zero-order valence-electron chi connectivity index (χ0n) is 18.7. The number of carbonyl (C=O) groups excluding carboxylic acids is 1. The quantitative estimate of drug-likeness (QED) is 0.451. The summed E-state index contributed by atoms with van der Waals surface area (Å²) in [6.07, 6.45) is 8.55. The van der Waals surface area contributed by atoms with Gasteiger partial charge in [0.1, 0.15) is 6.04 Å². The minimum atomic E-state index is -1.02. The Morgan fingerprint density at radius 2 is 1.97 bits per heavy atom. The minimum absolute atomic E-state index is 0. The Balaban J connectivity index is 0.00000363. The maximum absolute atomic E-state index is 13.1. The molecule has 0 aliphatic heterocycles. The van der Waals surface area contributed by atoms with Crippen LogP contribution in [0.3, 0.4) is 0 Å². The van der Waals surface area contributed by atoms with Gasteiger partial charge >= 0.3 is 5.97 Å². The number of carbonyl (C=O) groups is 2. The van der Waals surface area contributed by atoms with Gasteiger partial charge < -0.3 is 15.0 Å². The van der Waals surface area contributed by atoms with E-state index in [0.717, 1.165) is 35.2 Å². The second-order valence-electron chi connectivity index (χ2n) is 7.39. The Kier molecular flexibility index (Phi) is 10.5. The van der Waals surface area contributed by atoms with Gasteiger partial charge in [-0.25, -0.2) is 9.78 Å². The average molecular weight is 461 g/mol. The topological polar surface area (TPSA) is 84.2 Å². The number of carboxylic acids is 1. The first-order valence-corrected chi connectivity index (χ1v) is 11.6. The summed E-state index contributed by atoms with van der Waals surface area (Å²) in [5.41, 5.74) is 4.41. The number of thioether (sulfide) groups is 1. The molecule has 0 aliphatic carbocycles. The van der Waals surface area contributed by atoms with Crippen LogP contribution in [0.2, 0.25) is 0 Å². The summed E-state index contributed by atoms with van der Waals surface area (Å²) in [7, 11) is 0. The molecule has 163 valence electrons. The van der Waals surface area contributed by atoms with Gasteiger partial charge in [0.15, 0.2) is 0 Å². The summed E-state index contributed by atoms with van der Waals surface area (Å²) in [6.45, 7) is 2.79. The fourth-order valence-electron chi connectivity index (χ4n) is 3.45. The number of nitrogens with one attached hydrogen (secondary N) is 1. The first kappa shape index (κ1) is 26.2. The van der Waals surface area contributed by atoms with Crippen LogP contribution in [0.15, 0.2) is 61.2 Å². The van der Waals surface area contributed by atoms with Gasteiger partial charge in [0.25, 0.3) is 5.91 Å². The van der Waals surface area contributed by atoms with E-state index in [9.17, 15) is 14.7 Å². The third-order valence-electron chi connectivity index (χ3n) is 5.20. The third kappa shape index (κ3) is 6.97. The van der Waals surface area contributed by atoms with Gasteiger partial charge in [-0.05, 0) is 60.1 Å². The van der Waals surface area contributed by atoms with Crippen LogP contribution in [0.5, 0.6) is 0 Å². The molecule has 0 saturated carbocycles. The maximum atomic E-state index is 13.1. The van der Waals surface area contributed by atoms with Crippen molar-refractivity contribution in [1.29, 1.82) is 0 Å². The average Bonchev–Trinajstić information content (AvgIpc) is 3.29. The van der Waals surface area contributed by atoms with E-state index < -0.39 is 12.0 Å². The first-order chi connectivity index (χ1) is 15.0. The Morgan fingerprint density at radius 1 is 1.19 bits per heavy atom. The number of aliphatic carboxylic acids is 1. The van der Waals surface area contributed by atoms with Gasteiger partial charge in [0.2, 0.25) is 0 Å². The standard InChI is InChI=1S/C24H27N3O3S.Na/c1-17-5-3-4-6-19(17)21-15-18(9-12-27-13-11-25-16-27)7-8-20(21)23(28)26-22(24(29)30)10-14-31-2;/h3-8,11,13,15-16,22H,9-10,12,14H2,1-2H3,(H,26,28)(H,29,30);/t22-;/m0./s1. The number of aromatic nitrogens is 2. The molecule has 0 bridgehead atoms. The molecule has 1 radical (unpaired) electrons. The fraction of sp³-hybridized carbons (Fsp3) is 0.292. The molecule has 3 rings (SSSR count). The van der Waals surface area contributed by atoms with Crippen LogP contribution in [-0.4, -0.2) is 74.1 Å². The summed E-state index contributed by atoms with van der Waals surface area (Å²) in [6, 6.07) is 12.8. The fourth-order valence-corrected chi connectivity index (χ4v) is 3.92. The van der Waals surface area contributed by atoms with E-state index >= 15 is 0 Å². The summed E-state index contributed by atoms with van der Waals surface area (Å²) < 4.78 is 2.01. The van der Waals surface area contributed by atoms with Crippen LogP contribution in [0, 0.1) is 6.92 Å². The number of rotatable bonds is 10. The number of carboxylic acid groups (broad SMARTS) is 1. The van der Waals surface area contributed by atoms with Crippen molar-refractivity contribution >= 4 is 53.2 Å². The third-order valence-corrected chi connectivity index (χ3v) is 5.84. The molecule has 0 aliphatic rings. The SMILES string of the molecule is CSCC[C@H](NC(=O)c1ccc(CCn2ccnc2)cc1-c1ccccc1C)C(=O)O.[Na]. The largest absolute Gasteiger partial charge is 0.480 e. The van der Waals surface area contributed by atoms with Crippen LogP contribution in [0.1, 0.15) is 27.9 Å². The van der Waals surface area contributed by atoms with Gasteiger partial charge in [-0.2, -0.15) is 11.8 Å². The smallest absolute Gasteiger partial charge is 0.326 e. The monoisotopic (exact) mass is 460 g/mol. The molecule has 6 nitrogen and oxygen atoms in total. The molecular formula is C24H27N3NaO3S. The van der Waals surface area contributed by atoms with Crippen molar-refractivity contribution in [3.05, 3.63) is 77.9 Å². The van der Waals surface area contributed by atoms with Crippen molar-refractivity contribution in [3.8, 4) is 11.1 Å². The molecule has 1 amide bonds. The zero-order chi connectivity index (χ0) is 22.2. The minimum Gasteiger partial charge on any atom is -0.480 e. The molecule has 8 heteroatoms. The summed E-state index contributed by atoms with van der Waals surface area (Å²) in [5.74, 6) is -0.723. The van der Waals surface area contributed by atoms with E-state index in [0.29, 0.717) is 17.7 Å². The number of nitrogens with zero attached hydrogens (tertiary/aromatic N) is 2. The second kappa shape index (κ2) is 12.8. The van der Waals surface area contributed by atoms with Crippen LogP contribution < -0.4 is 5.32 Å². The van der Waals surface area contributed by atoms with Gasteiger partial charge in [-0.1, -0.05) is 36.4 Å². The second-order valence-corrected chi connectivity index (χ2v) is 8.38. The number of hydrogen-bond acceptors (Lipinski definition) is 4. The number of aryl methyl sites for hydroxylation is 3. The molecule has 2 N–H and O–H groups in total. The van der Waals surface area contributed by atoms with Gasteiger partial charge in [-0.15, -0.1) is 0 Å². The van der Waals surface area contributed by atoms with Crippen LogP contribution >= 0.6 is 11.8 Å². The predicted octanol–water partition coefficient (Wildman–Crippen LogP) is 3.66. The predicted molar refractivity (Wildman–Crippen MR) is 130 cm³/mol. The summed E-state index contributed by atoms with van der Waals surface area (Å²) in [5, 5.41) is 12.2. The van der Waals surface area contributed by atoms with Crippen molar-refractivity contribution in [2.24, 2.45) is 0 Å². The van der Waals surface area contributed by atoms with Crippen LogP contribution in [0.4, 0.5) is 0 Å². The summed E-state index contributed by atoms with van der Waals surface area (Å²) >= 11 is 1.56. The van der Waals surface area contributed by atoms with Crippen molar-refractivity contribution in [2.75, 3.05) is 12.0 Å². The first-order valence-electron chi connectivity index (χ1n) is 10.2.